The first-order valence-corrected chi connectivity index (χ1v) is 5.94. The average Bonchev–Trinajstić information content (AvgIpc) is 2.36. The highest BCUT2D eigenvalue weighted by Crippen LogP contribution is 2.15. The topological polar surface area (TPSA) is 92.1 Å². The summed E-state index contributed by atoms with van der Waals surface area (Å²) < 4.78 is 0. The fourth-order valence-corrected chi connectivity index (χ4v) is 1.53. The van der Waals surface area contributed by atoms with E-state index in [4.69, 9.17) is 5.73 Å². The van der Waals surface area contributed by atoms with Gasteiger partial charge in [0.1, 0.15) is 5.69 Å². The maximum Gasteiger partial charge on any atom is 0.274 e. The summed E-state index contributed by atoms with van der Waals surface area (Å²) >= 11 is 0. The summed E-state index contributed by atoms with van der Waals surface area (Å²) in [6, 6.07) is 2.72. The minimum Gasteiger partial charge on any atom is -0.337 e. The molecule has 6 heteroatoms. The predicted molar refractivity (Wildman–Crippen MR) is 69.3 cm³/mol. The first-order chi connectivity index (χ1) is 8.39. The van der Waals surface area contributed by atoms with Crippen LogP contribution in [0.1, 0.15) is 31.3 Å². The number of rotatable bonds is 5. The van der Waals surface area contributed by atoms with Crippen molar-refractivity contribution < 1.29 is 4.79 Å². The first kappa shape index (κ1) is 14.4. The van der Waals surface area contributed by atoms with E-state index in [-0.39, 0.29) is 22.6 Å². The third-order valence-electron chi connectivity index (χ3n) is 2.74. The van der Waals surface area contributed by atoms with Gasteiger partial charge in [0, 0.05) is 19.2 Å². The van der Waals surface area contributed by atoms with Crippen molar-refractivity contribution in [3.05, 3.63) is 28.2 Å². The van der Waals surface area contributed by atoms with Gasteiger partial charge in [-0.1, -0.05) is 13.8 Å². The summed E-state index contributed by atoms with van der Waals surface area (Å²) in [7, 11) is 0. The summed E-state index contributed by atoms with van der Waals surface area (Å²) in [4.78, 5) is 24.8. The summed E-state index contributed by atoms with van der Waals surface area (Å²) in [5.41, 5.74) is 5.44. The van der Waals surface area contributed by atoms with Crippen molar-refractivity contribution in [2.45, 2.75) is 20.8 Å². The molecule has 0 saturated heterocycles. The molecule has 6 nitrogen and oxygen atoms in total. The van der Waals surface area contributed by atoms with E-state index in [2.05, 4.69) is 10.2 Å². The van der Waals surface area contributed by atoms with E-state index < -0.39 is 0 Å². The Morgan fingerprint density at radius 1 is 1.50 bits per heavy atom. The van der Waals surface area contributed by atoms with Crippen LogP contribution in [-0.2, 0) is 0 Å². The highest BCUT2D eigenvalue weighted by atomic mass is 16.2. The molecule has 1 aromatic heterocycles. The number of H-pyrrole nitrogens is 1. The molecule has 0 aliphatic carbocycles. The number of hydrogen-bond donors (Lipinski definition) is 2. The fraction of sp³-hybridized carbons (Fsp3) is 0.583. The summed E-state index contributed by atoms with van der Waals surface area (Å²) in [6.45, 7) is 7.53. The van der Waals surface area contributed by atoms with Gasteiger partial charge in [0.05, 0.1) is 0 Å². The number of nitrogens with zero attached hydrogens (tertiary/aromatic N) is 2. The lowest BCUT2D eigenvalue weighted by Crippen LogP contribution is -2.42. The molecule has 0 aromatic carbocycles. The molecule has 0 atom stereocenters. The van der Waals surface area contributed by atoms with Gasteiger partial charge in [0.2, 0.25) is 0 Å². The molecule has 1 rings (SSSR count). The maximum atomic E-state index is 12.2. The molecule has 1 amide bonds. The van der Waals surface area contributed by atoms with Crippen molar-refractivity contribution in [2.24, 2.45) is 11.1 Å². The molecule has 0 aliphatic rings. The molecular formula is C12H20N4O2. The zero-order valence-corrected chi connectivity index (χ0v) is 11.1. The standard InChI is InChI=1S/C12H20N4O2/c1-4-16(8-12(2,3)7-13)11(18)9-5-6-10(17)15-14-9/h5-6H,4,7-8,13H2,1-3H3,(H,15,17). The van der Waals surface area contributed by atoms with Crippen LogP contribution in [0.4, 0.5) is 0 Å². The van der Waals surface area contributed by atoms with Gasteiger partial charge in [-0.2, -0.15) is 5.10 Å². The molecule has 1 aromatic rings. The van der Waals surface area contributed by atoms with E-state index in [1.54, 1.807) is 4.90 Å². The molecule has 0 spiro atoms. The number of amides is 1. The average molecular weight is 252 g/mol. The van der Waals surface area contributed by atoms with Crippen molar-refractivity contribution in [1.82, 2.24) is 15.1 Å². The van der Waals surface area contributed by atoms with Crippen molar-refractivity contribution in [1.29, 1.82) is 0 Å². The van der Waals surface area contributed by atoms with E-state index in [0.717, 1.165) is 0 Å². The Morgan fingerprint density at radius 2 is 2.17 bits per heavy atom. The highest BCUT2D eigenvalue weighted by molar-refractivity contribution is 5.92. The van der Waals surface area contributed by atoms with Gasteiger partial charge in [-0.25, -0.2) is 5.10 Å². The van der Waals surface area contributed by atoms with Crippen LogP contribution in [0, 0.1) is 5.41 Å². The zero-order chi connectivity index (χ0) is 13.8. The number of nitrogens with two attached hydrogens (primary N) is 1. The van der Waals surface area contributed by atoms with E-state index >= 15 is 0 Å². The van der Waals surface area contributed by atoms with Crippen molar-refractivity contribution >= 4 is 5.91 Å². The third-order valence-corrected chi connectivity index (χ3v) is 2.74. The molecule has 0 radical (unpaired) electrons. The summed E-state index contributed by atoms with van der Waals surface area (Å²) in [5.74, 6) is -0.199. The number of nitrogens with one attached hydrogen (secondary N) is 1. The quantitative estimate of drug-likeness (QED) is 0.784. The zero-order valence-electron chi connectivity index (χ0n) is 11.1. The second-order valence-corrected chi connectivity index (χ2v) is 4.99. The smallest absolute Gasteiger partial charge is 0.274 e. The normalized spacial score (nSPS) is 11.3. The number of carbonyl (C=O) groups excluding carboxylic acids is 1. The van der Waals surface area contributed by atoms with Gasteiger partial charge in [0.25, 0.3) is 11.5 Å². The van der Waals surface area contributed by atoms with Crippen LogP contribution in [0.2, 0.25) is 0 Å². The fourth-order valence-electron chi connectivity index (χ4n) is 1.53. The molecule has 18 heavy (non-hydrogen) atoms. The van der Waals surface area contributed by atoms with E-state index in [1.807, 2.05) is 20.8 Å². The summed E-state index contributed by atoms with van der Waals surface area (Å²) in [6.07, 6.45) is 0. The Bertz CT molecular complexity index is 447. The third kappa shape index (κ3) is 3.66. The Balaban J connectivity index is 2.86. The second kappa shape index (κ2) is 5.77. The molecule has 0 saturated carbocycles. The molecule has 3 N–H and O–H groups in total. The number of hydrogen-bond acceptors (Lipinski definition) is 4. The highest BCUT2D eigenvalue weighted by Gasteiger charge is 2.24. The van der Waals surface area contributed by atoms with Crippen LogP contribution in [-0.4, -0.2) is 40.6 Å². The molecule has 1 heterocycles. The van der Waals surface area contributed by atoms with Crippen LogP contribution in [0.25, 0.3) is 0 Å². The SMILES string of the molecule is CCN(CC(C)(C)CN)C(=O)c1ccc(=O)[nH]n1. The number of aromatic nitrogens is 2. The molecule has 0 unspecified atom stereocenters. The van der Waals surface area contributed by atoms with Crippen molar-refractivity contribution in [2.75, 3.05) is 19.6 Å². The van der Waals surface area contributed by atoms with Crippen LogP contribution in [0.3, 0.4) is 0 Å². The lowest BCUT2D eigenvalue weighted by molar-refractivity contribution is 0.0693. The van der Waals surface area contributed by atoms with Gasteiger partial charge < -0.3 is 10.6 Å². The molecule has 100 valence electrons. The summed E-state index contributed by atoms with van der Waals surface area (Å²) in [5, 5.41) is 6.00. The van der Waals surface area contributed by atoms with E-state index in [9.17, 15) is 9.59 Å². The Morgan fingerprint density at radius 3 is 2.61 bits per heavy atom. The molecular weight excluding hydrogens is 232 g/mol. The minimum atomic E-state index is -0.322. The Hall–Kier alpha value is -1.69. The van der Waals surface area contributed by atoms with Gasteiger partial charge in [0.15, 0.2) is 0 Å². The van der Waals surface area contributed by atoms with Crippen molar-refractivity contribution in [3.63, 3.8) is 0 Å². The van der Waals surface area contributed by atoms with Gasteiger partial charge in [-0.15, -0.1) is 0 Å². The van der Waals surface area contributed by atoms with Crippen molar-refractivity contribution in [3.8, 4) is 0 Å². The molecule has 0 bridgehead atoms. The molecule has 0 aliphatic heterocycles. The van der Waals surface area contributed by atoms with Crippen LogP contribution >= 0.6 is 0 Å². The first-order valence-electron chi connectivity index (χ1n) is 5.94. The van der Waals surface area contributed by atoms with Crippen LogP contribution in [0.15, 0.2) is 16.9 Å². The predicted octanol–water partition coefficient (Wildman–Crippen LogP) is 0.217. The lowest BCUT2D eigenvalue weighted by Gasteiger charge is -2.30. The van der Waals surface area contributed by atoms with E-state index in [1.165, 1.54) is 12.1 Å². The van der Waals surface area contributed by atoms with Crippen LogP contribution in [0.5, 0.6) is 0 Å². The number of aromatic amines is 1. The largest absolute Gasteiger partial charge is 0.337 e. The second-order valence-electron chi connectivity index (χ2n) is 4.99. The van der Waals surface area contributed by atoms with Gasteiger partial charge in [-0.3, -0.25) is 9.59 Å². The Kier molecular flexibility index (Phi) is 4.61. The van der Waals surface area contributed by atoms with E-state index in [0.29, 0.717) is 19.6 Å². The molecule has 0 fully saturated rings. The maximum absolute atomic E-state index is 12.2. The van der Waals surface area contributed by atoms with Gasteiger partial charge >= 0.3 is 0 Å². The van der Waals surface area contributed by atoms with Crippen LogP contribution < -0.4 is 11.3 Å². The van der Waals surface area contributed by atoms with Gasteiger partial charge in [-0.05, 0) is 24.9 Å². The monoisotopic (exact) mass is 252 g/mol. The Labute approximate surface area is 106 Å². The minimum absolute atomic E-state index is 0.145. The lowest BCUT2D eigenvalue weighted by atomic mass is 9.93. The number of carbonyl (C=O) groups is 1.